The Hall–Kier alpha value is -3.14. The van der Waals surface area contributed by atoms with Gasteiger partial charge in [0.15, 0.2) is 0 Å². The quantitative estimate of drug-likeness (QED) is 0.654. The van der Waals surface area contributed by atoms with Crippen molar-refractivity contribution in [3.8, 4) is 5.75 Å². The van der Waals surface area contributed by atoms with Crippen LogP contribution in [0.1, 0.15) is 29.0 Å². The molecule has 4 rings (SSSR count). The summed E-state index contributed by atoms with van der Waals surface area (Å²) < 4.78 is 73.3. The number of fused-ring (bicyclic) bond motifs is 2. The van der Waals surface area contributed by atoms with Crippen molar-refractivity contribution < 1.29 is 31.1 Å². The zero-order chi connectivity index (χ0) is 22.4. The summed E-state index contributed by atoms with van der Waals surface area (Å²) in [5, 5.41) is 0.328. The van der Waals surface area contributed by atoms with Gasteiger partial charge in [-0.25, -0.2) is 13.1 Å². The molecule has 1 amide bonds. The number of amides is 1. The molecule has 1 unspecified atom stereocenters. The number of rotatable bonds is 4. The molecule has 0 fully saturated rings. The summed E-state index contributed by atoms with van der Waals surface area (Å²) in [4.78, 5) is 16.9. The Balaban J connectivity index is 1.71. The molecule has 1 atom stereocenters. The second kappa shape index (κ2) is 7.52. The number of ether oxygens (including phenoxy) is 1. The maximum absolute atomic E-state index is 13.4. The third kappa shape index (κ3) is 3.71. The highest BCUT2D eigenvalue weighted by molar-refractivity contribution is 7.90. The van der Waals surface area contributed by atoms with Crippen molar-refractivity contribution in [2.45, 2.75) is 29.8 Å². The van der Waals surface area contributed by atoms with E-state index in [1.54, 1.807) is 18.2 Å². The zero-order valence-corrected chi connectivity index (χ0v) is 17.0. The van der Waals surface area contributed by atoms with Gasteiger partial charge in [0.2, 0.25) is 5.91 Å². The summed E-state index contributed by atoms with van der Waals surface area (Å²) in [5.74, 6) is -1.88. The SMILES string of the molecule is COc1ccc(C(F)(F)F)c2c1C(C(=O)NS(=O)(=O)c1cccc3ncccc13)CC2. The molecule has 2 aromatic carbocycles. The topological polar surface area (TPSA) is 85.4 Å². The highest BCUT2D eigenvalue weighted by Crippen LogP contribution is 2.45. The van der Waals surface area contributed by atoms with Gasteiger partial charge in [0.05, 0.1) is 29.0 Å². The molecule has 6 nitrogen and oxygen atoms in total. The summed E-state index contributed by atoms with van der Waals surface area (Å²) in [7, 11) is -3.00. The van der Waals surface area contributed by atoms with Crippen LogP contribution in [0.4, 0.5) is 13.2 Å². The number of hydrogen-bond donors (Lipinski definition) is 1. The first-order valence-electron chi connectivity index (χ1n) is 9.31. The number of benzene rings is 2. The summed E-state index contributed by atoms with van der Waals surface area (Å²) in [6.45, 7) is 0. The predicted octanol–water partition coefficient (Wildman–Crippen LogP) is 3.80. The number of hydrogen-bond acceptors (Lipinski definition) is 5. The number of methoxy groups -OCH3 is 1. The Morgan fingerprint density at radius 1 is 1.16 bits per heavy atom. The van der Waals surface area contributed by atoms with Crippen LogP contribution in [0.3, 0.4) is 0 Å². The molecular weight excluding hydrogens is 433 g/mol. The first kappa shape index (κ1) is 21.1. The number of nitrogens with one attached hydrogen (secondary N) is 1. The fourth-order valence-electron chi connectivity index (χ4n) is 4.00. The van der Waals surface area contributed by atoms with Gasteiger partial charge >= 0.3 is 6.18 Å². The molecule has 0 saturated heterocycles. The van der Waals surface area contributed by atoms with Gasteiger partial charge in [-0.2, -0.15) is 13.2 Å². The molecular formula is C21H17F3N2O4S. The van der Waals surface area contributed by atoms with E-state index in [1.165, 1.54) is 25.4 Å². The second-order valence-electron chi connectivity index (χ2n) is 7.09. The first-order chi connectivity index (χ1) is 14.6. The van der Waals surface area contributed by atoms with Crippen molar-refractivity contribution >= 4 is 26.8 Å². The summed E-state index contributed by atoms with van der Waals surface area (Å²) >= 11 is 0. The lowest BCUT2D eigenvalue weighted by molar-refractivity contribution is -0.138. The number of aromatic nitrogens is 1. The van der Waals surface area contributed by atoms with Crippen LogP contribution in [0.2, 0.25) is 0 Å². The zero-order valence-electron chi connectivity index (χ0n) is 16.2. The van der Waals surface area contributed by atoms with Crippen molar-refractivity contribution in [2.75, 3.05) is 7.11 Å². The Bertz CT molecular complexity index is 1280. The summed E-state index contributed by atoms with van der Waals surface area (Å²) in [6.07, 6.45) is -3.06. The molecule has 1 aromatic heterocycles. The standard InChI is InChI=1S/C21H17F3N2O4S/c1-30-17-10-9-15(21(22,23)24)12-7-8-14(19(12)17)20(27)26-31(28,29)18-6-2-5-16-13(18)4-3-11-25-16/h2-6,9-11,14H,7-8H2,1H3,(H,26,27). The Kier molecular flexibility index (Phi) is 5.12. The summed E-state index contributed by atoms with van der Waals surface area (Å²) in [6, 6.07) is 9.66. The summed E-state index contributed by atoms with van der Waals surface area (Å²) in [5.41, 5.74) is -0.384. The van der Waals surface area contributed by atoms with Crippen LogP contribution in [-0.2, 0) is 27.4 Å². The minimum atomic E-state index is -4.59. The molecule has 1 heterocycles. The van der Waals surface area contributed by atoms with Crippen molar-refractivity contribution in [1.29, 1.82) is 0 Å². The number of pyridine rings is 1. The Labute approximate surface area is 176 Å². The van der Waals surface area contributed by atoms with Gasteiger partial charge in [-0.1, -0.05) is 6.07 Å². The molecule has 31 heavy (non-hydrogen) atoms. The molecule has 0 saturated carbocycles. The number of carbonyl (C=O) groups excluding carboxylic acids is 1. The molecule has 1 N–H and O–H groups in total. The smallest absolute Gasteiger partial charge is 0.416 e. The van der Waals surface area contributed by atoms with Gasteiger partial charge in [0.25, 0.3) is 10.0 Å². The van der Waals surface area contributed by atoms with E-state index < -0.39 is 33.6 Å². The molecule has 0 spiro atoms. The van der Waals surface area contributed by atoms with E-state index in [4.69, 9.17) is 4.74 Å². The van der Waals surface area contributed by atoms with Crippen molar-refractivity contribution in [3.63, 3.8) is 0 Å². The van der Waals surface area contributed by atoms with Crippen LogP contribution in [0.15, 0.2) is 53.6 Å². The van der Waals surface area contributed by atoms with Crippen molar-refractivity contribution in [3.05, 3.63) is 65.4 Å². The fourth-order valence-corrected chi connectivity index (χ4v) is 5.24. The average molecular weight is 450 g/mol. The van der Waals surface area contributed by atoms with Crippen LogP contribution < -0.4 is 9.46 Å². The molecule has 0 bridgehead atoms. The Morgan fingerprint density at radius 3 is 2.65 bits per heavy atom. The van der Waals surface area contributed by atoms with Gasteiger partial charge in [0.1, 0.15) is 5.75 Å². The van der Waals surface area contributed by atoms with E-state index in [0.29, 0.717) is 10.9 Å². The van der Waals surface area contributed by atoms with Crippen LogP contribution in [0, 0.1) is 0 Å². The number of nitrogens with zero attached hydrogens (tertiary/aromatic N) is 1. The largest absolute Gasteiger partial charge is 0.496 e. The van der Waals surface area contributed by atoms with E-state index >= 15 is 0 Å². The minimum Gasteiger partial charge on any atom is -0.496 e. The lowest BCUT2D eigenvalue weighted by Crippen LogP contribution is -2.34. The van der Waals surface area contributed by atoms with Crippen molar-refractivity contribution in [2.24, 2.45) is 0 Å². The van der Waals surface area contributed by atoms with E-state index in [9.17, 15) is 26.4 Å². The van der Waals surface area contributed by atoms with Crippen LogP contribution in [-0.4, -0.2) is 26.4 Å². The Morgan fingerprint density at radius 2 is 1.94 bits per heavy atom. The van der Waals surface area contributed by atoms with Crippen LogP contribution in [0.5, 0.6) is 5.75 Å². The highest BCUT2D eigenvalue weighted by atomic mass is 32.2. The molecule has 0 aliphatic heterocycles. The number of alkyl halides is 3. The van der Waals surface area contributed by atoms with Gasteiger partial charge in [-0.3, -0.25) is 9.78 Å². The number of halogens is 3. The lowest BCUT2D eigenvalue weighted by atomic mass is 9.96. The van der Waals surface area contributed by atoms with Gasteiger partial charge in [-0.15, -0.1) is 0 Å². The molecule has 1 aliphatic carbocycles. The normalized spacial score (nSPS) is 16.2. The maximum atomic E-state index is 13.4. The third-order valence-electron chi connectivity index (χ3n) is 5.32. The average Bonchev–Trinajstić information content (AvgIpc) is 3.17. The minimum absolute atomic E-state index is 0.0162. The van der Waals surface area contributed by atoms with Crippen LogP contribution >= 0.6 is 0 Å². The maximum Gasteiger partial charge on any atom is 0.416 e. The predicted molar refractivity (Wildman–Crippen MR) is 106 cm³/mol. The third-order valence-corrected chi connectivity index (χ3v) is 6.73. The van der Waals surface area contributed by atoms with E-state index in [0.717, 1.165) is 12.1 Å². The van der Waals surface area contributed by atoms with E-state index in [2.05, 4.69) is 4.98 Å². The van der Waals surface area contributed by atoms with Crippen LogP contribution in [0.25, 0.3) is 10.9 Å². The monoisotopic (exact) mass is 450 g/mol. The van der Waals surface area contributed by atoms with Gasteiger partial charge in [0, 0.05) is 17.1 Å². The molecule has 10 heteroatoms. The second-order valence-corrected chi connectivity index (χ2v) is 8.74. The van der Waals surface area contributed by atoms with Gasteiger partial charge < -0.3 is 4.74 Å². The first-order valence-corrected chi connectivity index (χ1v) is 10.8. The number of sulfonamides is 1. The molecule has 3 aromatic rings. The lowest BCUT2D eigenvalue weighted by Gasteiger charge is -2.18. The highest BCUT2D eigenvalue weighted by Gasteiger charge is 2.41. The van der Waals surface area contributed by atoms with E-state index in [1.807, 2.05) is 4.72 Å². The fraction of sp³-hybridized carbons (Fsp3) is 0.238. The van der Waals surface area contributed by atoms with E-state index in [-0.39, 0.29) is 34.6 Å². The van der Waals surface area contributed by atoms with Crippen molar-refractivity contribution in [1.82, 2.24) is 9.71 Å². The number of carbonyl (C=O) groups is 1. The van der Waals surface area contributed by atoms with Gasteiger partial charge in [-0.05, 0) is 54.8 Å². The molecule has 1 aliphatic rings. The molecule has 162 valence electrons. The molecule has 0 radical (unpaired) electrons.